The number of hydrogen-bond donors (Lipinski definition) is 2. The molecule has 4 rings (SSSR count). The van der Waals surface area contributed by atoms with Gasteiger partial charge in [0.15, 0.2) is 0 Å². The summed E-state index contributed by atoms with van der Waals surface area (Å²) in [6, 6.07) is 19.0. The number of fused-ring (bicyclic) bond motifs is 1. The van der Waals surface area contributed by atoms with E-state index in [1.165, 1.54) is 24.4 Å². The Morgan fingerprint density at radius 1 is 1.00 bits per heavy atom. The minimum Gasteiger partial charge on any atom is -0.343 e. The van der Waals surface area contributed by atoms with Gasteiger partial charge in [0.25, 0.3) is 10.2 Å². The monoisotopic (exact) mass is 532 g/mol. The van der Waals surface area contributed by atoms with Crippen LogP contribution in [0.15, 0.2) is 79.0 Å². The highest BCUT2D eigenvalue weighted by atomic mass is 35.5. The van der Waals surface area contributed by atoms with E-state index in [1.54, 1.807) is 63.9 Å². The molecule has 0 fully saturated rings. The number of halogens is 4. The van der Waals surface area contributed by atoms with E-state index in [4.69, 9.17) is 11.6 Å². The Morgan fingerprint density at radius 2 is 1.69 bits per heavy atom. The molecule has 1 unspecified atom stereocenters. The lowest BCUT2D eigenvalue weighted by atomic mass is 10.0. The van der Waals surface area contributed by atoms with E-state index in [9.17, 15) is 26.9 Å². The lowest BCUT2D eigenvalue weighted by molar-refractivity contribution is -0.152. The average molecular weight is 533 g/mol. The number of nitriles is 1. The SMILES string of the molecule is N#Cc1ccc2c(C(NS(=O)(=O)NCc3ccccc3)C(F)(F)F)cn(Cc3ccc(Cl)cc3)c2c1. The number of rotatable bonds is 8. The molecular formula is C25H20ClF3N4O2S. The molecule has 0 amide bonds. The standard InChI is InChI=1S/C25H20ClF3N4O2S/c26-20-9-6-18(7-10-20)15-33-16-22(21-11-8-19(13-30)12-23(21)33)24(25(27,28)29)32-36(34,35)31-14-17-4-2-1-3-5-17/h1-12,16,24,31-32H,14-15H2. The van der Waals surface area contributed by atoms with Crippen molar-refractivity contribution in [1.82, 2.24) is 14.0 Å². The van der Waals surface area contributed by atoms with Crippen molar-refractivity contribution in [3.05, 3.63) is 106 Å². The maximum Gasteiger partial charge on any atom is 0.409 e. The number of nitrogens with one attached hydrogen (secondary N) is 2. The summed E-state index contributed by atoms with van der Waals surface area (Å²) < 4.78 is 73.4. The largest absolute Gasteiger partial charge is 0.409 e. The van der Waals surface area contributed by atoms with Crippen LogP contribution in [0.4, 0.5) is 13.2 Å². The molecule has 1 heterocycles. The molecule has 0 spiro atoms. The Kier molecular flexibility index (Phi) is 7.38. The molecule has 186 valence electrons. The van der Waals surface area contributed by atoms with E-state index in [-0.39, 0.29) is 29.6 Å². The van der Waals surface area contributed by atoms with Crippen LogP contribution < -0.4 is 9.44 Å². The fourth-order valence-electron chi connectivity index (χ4n) is 3.81. The third kappa shape index (κ3) is 6.06. The molecular weight excluding hydrogens is 513 g/mol. The van der Waals surface area contributed by atoms with E-state index in [0.717, 1.165) is 5.56 Å². The highest BCUT2D eigenvalue weighted by Gasteiger charge is 2.44. The fourth-order valence-corrected chi connectivity index (χ4v) is 4.95. The van der Waals surface area contributed by atoms with Crippen molar-refractivity contribution >= 4 is 32.7 Å². The number of nitrogens with zero attached hydrogens (tertiary/aromatic N) is 2. The summed E-state index contributed by atoms with van der Waals surface area (Å²) in [6.07, 6.45) is -3.67. The van der Waals surface area contributed by atoms with E-state index in [1.807, 2.05) is 6.07 Å². The molecule has 3 aromatic carbocycles. The molecule has 0 bridgehead atoms. The van der Waals surface area contributed by atoms with Gasteiger partial charge in [0.05, 0.1) is 11.6 Å². The Morgan fingerprint density at radius 3 is 2.33 bits per heavy atom. The van der Waals surface area contributed by atoms with Crippen molar-refractivity contribution in [2.75, 3.05) is 0 Å². The summed E-state index contributed by atoms with van der Waals surface area (Å²) in [5.74, 6) is 0. The number of aromatic nitrogens is 1. The van der Waals surface area contributed by atoms with Crippen molar-refractivity contribution in [1.29, 1.82) is 5.26 Å². The normalized spacial score (nSPS) is 13.0. The van der Waals surface area contributed by atoms with Gasteiger partial charge < -0.3 is 4.57 Å². The van der Waals surface area contributed by atoms with Gasteiger partial charge in [0.2, 0.25) is 0 Å². The molecule has 1 atom stereocenters. The predicted molar refractivity (Wildman–Crippen MR) is 131 cm³/mol. The molecule has 6 nitrogen and oxygen atoms in total. The molecule has 11 heteroatoms. The minimum absolute atomic E-state index is 0.176. The summed E-state index contributed by atoms with van der Waals surface area (Å²) >= 11 is 5.93. The van der Waals surface area contributed by atoms with Crippen molar-refractivity contribution in [2.24, 2.45) is 0 Å². The van der Waals surface area contributed by atoms with Crippen molar-refractivity contribution in [3.8, 4) is 6.07 Å². The highest BCUT2D eigenvalue weighted by molar-refractivity contribution is 7.87. The second-order valence-electron chi connectivity index (χ2n) is 8.09. The maximum absolute atomic E-state index is 14.2. The van der Waals surface area contributed by atoms with E-state index in [2.05, 4.69) is 4.72 Å². The zero-order valence-corrected chi connectivity index (χ0v) is 20.2. The molecule has 0 aliphatic heterocycles. The first-order chi connectivity index (χ1) is 17.1. The first-order valence-corrected chi connectivity index (χ1v) is 12.6. The third-order valence-electron chi connectivity index (χ3n) is 5.53. The number of benzene rings is 3. The first kappa shape index (κ1) is 25.7. The molecule has 0 saturated heterocycles. The van der Waals surface area contributed by atoms with Gasteiger partial charge in [0.1, 0.15) is 6.04 Å². The molecule has 4 aromatic rings. The number of hydrogen-bond acceptors (Lipinski definition) is 3. The van der Waals surface area contributed by atoms with Crippen LogP contribution >= 0.6 is 11.6 Å². The van der Waals surface area contributed by atoms with Gasteiger partial charge in [-0.05, 0) is 35.4 Å². The molecule has 0 radical (unpaired) electrons. The summed E-state index contributed by atoms with van der Waals surface area (Å²) in [6.45, 7) is 0.0107. The van der Waals surface area contributed by atoms with E-state index < -0.39 is 22.4 Å². The van der Waals surface area contributed by atoms with Gasteiger partial charge in [0, 0.05) is 40.8 Å². The summed E-state index contributed by atoms with van der Waals surface area (Å²) in [4.78, 5) is 0. The van der Waals surface area contributed by atoms with Crippen LogP contribution in [0.3, 0.4) is 0 Å². The Labute approximate surface area is 211 Å². The molecule has 36 heavy (non-hydrogen) atoms. The van der Waals surface area contributed by atoms with Crippen LogP contribution in [0, 0.1) is 11.3 Å². The maximum atomic E-state index is 14.2. The number of alkyl halides is 3. The summed E-state index contributed by atoms with van der Waals surface area (Å²) in [7, 11) is -4.54. The third-order valence-corrected chi connectivity index (χ3v) is 6.85. The van der Waals surface area contributed by atoms with Crippen molar-refractivity contribution in [3.63, 3.8) is 0 Å². The highest BCUT2D eigenvalue weighted by Crippen LogP contribution is 2.38. The average Bonchev–Trinajstić information content (AvgIpc) is 3.19. The van der Waals surface area contributed by atoms with Crippen LogP contribution in [0.25, 0.3) is 10.9 Å². The summed E-state index contributed by atoms with van der Waals surface area (Å²) in [5, 5.41) is 9.99. The minimum atomic E-state index is -4.94. The summed E-state index contributed by atoms with van der Waals surface area (Å²) in [5.41, 5.74) is 1.71. The van der Waals surface area contributed by atoms with Gasteiger partial charge >= 0.3 is 6.18 Å². The molecule has 0 saturated carbocycles. The molecule has 0 aliphatic carbocycles. The zero-order valence-electron chi connectivity index (χ0n) is 18.6. The Hall–Kier alpha value is -3.36. The second kappa shape index (κ2) is 10.3. The van der Waals surface area contributed by atoms with Gasteiger partial charge in [-0.15, -0.1) is 0 Å². The molecule has 0 aliphatic rings. The Balaban J connectivity index is 1.72. The fraction of sp³-hybridized carbons (Fsp3) is 0.160. The van der Waals surface area contributed by atoms with Gasteiger partial charge in [-0.3, -0.25) is 0 Å². The predicted octanol–water partition coefficient (Wildman–Crippen LogP) is 5.44. The zero-order chi connectivity index (χ0) is 25.9. The van der Waals surface area contributed by atoms with Crippen LogP contribution in [-0.4, -0.2) is 19.2 Å². The van der Waals surface area contributed by atoms with Crippen LogP contribution in [0.2, 0.25) is 5.02 Å². The van der Waals surface area contributed by atoms with E-state index >= 15 is 0 Å². The van der Waals surface area contributed by atoms with Crippen molar-refractivity contribution < 1.29 is 21.6 Å². The van der Waals surface area contributed by atoms with E-state index in [0.29, 0.717) is 16.1 Å². The second-order valence-corrected chi connectivity index (χ2v) is 10.1. The first-order valence-electron chi connectivity index (χ1n) is 10.7. The van der Waals surface area contributed by atoms with Crippen LogP contribution in [0.5, 0.6) is 0 Å². The topological polar surface area (TPSA) is 86.9 Å². The quantitative estimate of drug-likeness (QED) is 0.317. The Bertz CT molecular complexity index is 1510. The van der Waals surface area contributed by atoms with Crippen LogP contribution in [0.1, 0.15) is 28.3 Å². The lowest BCUT2D eigenvalue weighted by Crippen LogP contribution is -2.43. The van der Waals surface area contributed by atoms with Crippen molar-refractivity contribution in [2.45, 2.75) is 25.3 Å². The molecule has 1 aromatic heterocycles. The molecule has 2 N–H and O–H groups in total. The lowest BCUT2D eigenvalue weighted by Gasteiger charge is -2.21. The van der Waals surface area contributed by atoms with Crippen LogP contribution in [-0.2, 0) is 23.3 Å². The van der Waals surface area contributed by atoms with Gasteiger partial charge in [-0.25, -0.2) is 0 Å². The van der Waals surface area contributed by atoms with Gasteiger partial charge in [-0.2, -0.15) is 36.3 Å². The van der Waals surface area contributed by atoms with Gasteiger partial charge in [-0.1, -0.05) is 60.1 Å². The smallest absolute Gasteiger partial charge is 0.343 e.